The average molecular weight is 262 g/mol. The smallest absolute Gasteiger partial charge is 0.172 e. The van der Waals surface area contributed by atoms with E-state index >= 15 is 0 Å². The van der Waals surface area contributed by atoms with E-state index in [4.69, 9.17) is 10.6 Å². The Morgan fingerprint density at radius 2 is 2.21 bits per heavy atom. The van der Waals surface area contributed by atoms with E-state index in [0.29, 0.717) is 23.2 Å². The molecule has 0 aliphatic heterocycles. The molecule has 0 amide bonds. The van der Waals surface area contributed by atoms with Gasteiger partial charge in [0.2, 0.25) is 0 Å². The molecule has 0 bridgehead atoms. The maximum absolute atomic E-state index is 9.63. The molecule has 0 radical (unpaired) electrons. The first-order valence-electron chi connectivity index (χ1n) is 4.06. The van der Waals surface area contributed by atoms with E-state index < -0.39 is 0 Å². The van der Waals surface area contributed by atoms with Crippen molar-refractivity contribution in [3.05, 3.63) is 22.2 Å². The molecular formula is C9H12BrNO3. The fraction of sp³-hybridized carbons (Fsp3) is 0.333. The standard InChI is InChI=1S/C9H12BrNO3/c1-13-9-6(4-5-14-11)2-3-7(10)8(9)12/h2-3,12H,4-5,11H2,1H3. The molecule has 1 aromatic rings. The molecule has 0 saturated heterocycles. The molecule has 3 N–H and O–H groups in total. The summed E-state index contributed by atoms with van der Waals surface area (Å²) in [6.07, 6.45) is 0.598. The van der Waals surface area contributed by atoms with Gasteiger partial charge in [0, 0.05) is 12.0 Å². The Morgan fingerprint density at radius 1 is 1.50 bits per heavy atom. The number of benzene rings is 1. The van der Waals surface area contributed by atoms with Gasteiger partial charge in [-0.1, -0.05) is 6.07 Å². The van der Waals surface area contributed by atoms with Crippen LogP contribution in [-0.2, 0) is 11.3 Å². The maximum atomic E-state index is 9.63. The van der Waals surface area contributed by atoms with Crippen LogP contribution in [0.15, 0.2) is 16.6 Å². The van der Waals surface area contributed by atoms with Crippen LogP contribution in [0, 0.1) is 0 Å². The molecule has 0 saturated carbocycles. The van der Waals surface area contributed by atoms with E-state index in [-0.39, 0.29) is 5.75 Å². The number of phenolic OH excluding ortho intramolecular Hbond substituents is 1. The predicted octanol–water partition coefficient (Wildman–Crippen LogP) is 1.60. The van der Waals surface area contributed by atoms with E-state index in [0.717, 1.165) is 5.56 Å². The van der Waals surface area contributed by atoms with E-state index in [1.54, 1.807) is 6.07 Å². The quantitative estimate of drug-likeness (QED) is 0.809. The van der Waals surface area contributed by atoms with Crippen molar-refractivity contribution in [3.8, 4) is 11.5 Å². The molecule has 78 valence electrons. The first-order chi connectivity index (χ1) is 6.70. The Bertz CT molecular complexity index is 317. The Labute approximate surface area is 90.7 Å². The summed E-state index contributed by atoms with van der Waals surface area (Å²) >= 11 is 3.20. The number of halogens is 1. The number of methoxy groups -OCH3 is 1. The van der Waals surface area contributed by atoms with Gasteiger partial charge in [0.05, 0.1) is 18.2 Å². The van der Waals surface area contributed by atoms with E-state index in [1.807, 2.05) is 6.07 Å². The van der Waals surface area contributed by atoms with Crippen LogP contribution in [0.5, 0.6) is 11.5 Å². The van der Waals surface area contributed by atoms with Gasteiger partial charge in [-0.3, -0.25) is 0 Å². The topological polar surface area (TPSA) is 64.7 Å². The second kappa shape index (κ2) is 5.19. The predicted molar refractivity (Wildman–Crippen MR) is 56.2 cm³/mol. The van der Waals surface area contributed by atoms with Crippen molar-refractivity contribution in [3.63, 3.8) is 0 Å². The van der Waals surface area contributed by atoms with Gasteiger partial charge in [-0.15, -0.1) is 0 Å². The summed E-state index contributed by atoms with van der Waals surface area (Å²) in [5.41, 5.74) is 0.860. The molecular weight excluding hydrogens is 250 g/mol. The molecule has 0 spiro atoms. The van der Waals surface area contributed by atoms with Crippen molar-refractivity contribution in [1.29, 1.82) is 0 Å². The summed E-state index contributed by atoms with van der Waals surface area (Å²) in [5, 5.41) is 9.63. The minimum atomic E-state index is 0.0991. The summed E-state index contributed by atoms with van der Waals surface area (Å²) in [6, 6.07) is 3.60. The highest BCUT2D eigenvalue weighted by atomic mass is 79.9. The molecule has 0 aliphatic carbocycles. The van der Waals surface area contributed by atoms with Gasteiger partial charge < -0.3 is 14.7 Å². The third-order valence-corrected chi connectivity index (χ3v) is 2.50. The first kappa shape index (κ1) is 11.3. The van der Waals surface area contributed by atoms with Crippen LogP contribution in [-0.4, -0.2) is 18.8 Å². The zero-order valence-electron chi connectivity index (χ0n) is 7.79. The van der Waals surface area contributed by atoms with Gasteiger partial charge in [-0.25, -0.2) is 5.90 Å². The molecule has 0 atom stereocenters. The van der Waals surface area contributed by atoms with Crippen LogP contribution in [0.25, 0.3) is 0 Å². The second-order valence-electron chi connectivity index (χ2n) is 2.71. The Morgan fingerprint density at radius 3 is 2.79 bits per heavy atom. The summed E-state index contributed by atoms with van der Waals surface area (Å²) in [5.74, 6) is 5.48. The average Bonchev–Trinajstić information content (AvgIpc) is 2.20. The van der Waals surface area contributed by atoms with Crippen LogP contribution < -0.4 is 10.6 Å². The monoisotopic (exact) mass is 261 g/mol. The highest BCUT2D eigenvalue weighted by molar-refractivity contribution is 9.10. The molecule has 14 heavy (non-hydrogen) atoms. The summed E-state index contributed by atoms with van der Waals surface area (Å²) in [7, 11) is 1.51. The molecule has 0 unspecified atom stereocenters. The van der Waals surface area contributed by atoms with Crippen molar-refractivity contribution >= 4 is 15.9 Å². The highest BCUT2D eigenvalue weighted by Crippen LogP contribution is 2.36. The Balaban J connectivity index is 2.98. The van der Waals surface area contributed by atoms with Crippen molar-refractivity contribution < 1.29 is 14.7 Å². The zero-order valence-corrected chi connectivity index (χ0v) is 9.37. The number of nitrogens with two attached hydrogens (primary N) is 1. The minimum absolute atomic E-state index is 0.0991. The van der Waals surface area contributed by atoms with E-state index in [9.17, 15) is 5.11 Å². The van der Waals surface area contributed by atoms with Gasteiger partial charge in [0.15, 0.2) is 11.5 Å². The second-order valence-corrected chi connectivity index (χ2v) is 3.56. The lowest BCUT2D eigenvalue weighted by Crippen LogP contribution is -2.04. The normalized spacial score (nSPS) is 10.2. The minimum Gasteiger partial charge on any atom is -0.503 e. The van der Waals surface area contributed by atoms with Crippen LogP contribution in [0.2, 0.25) is 0 Å². The number of hydrogen-bond acceptors (Lipinski definition) is 4. The molecule has 1 aromatic carbocycles. The lowest BCUT2D eigenvalue weighted by molar-refractivity contribution is 0.140. The van der Waals surface area contributed by atoms with Gasteiger partial charge in [0.25, 0.3) is 0 Å². The molecule has 1 rings (SSSR count). The van der Waals surface area contributed by atoms with Gasteiger partial charge >= 0.3 is 0 Å². The van der Waals surface area contributed by atoms with E-state index in [2.05, 4.69) is 20.8 Å². The van der Waals surface area contributed by atoms with E-state index in [1.165, 1.54) is 7.11 Å². The SMILES string of the molecule is COc1c(CCON)ccc(Br)c1O. The Hall–Kier alpha value is -0.780. The van der Waals surface area contributed by atoms with Gasteiger partial charge in [-0.2, -0.15) is 0 Å². The van der Waals surface area contributed by atoms with Gasteiger partial charge in [-0.05, 0) is 22.0 Å². The molecule has 0 aliphatic rings. The zero-order chi connectivity index (χ0) is 10.6. The number of aromatic hydroxyl groups is 1. The van der Waals surface area contributed by atoms with Gasteiger partial charge in [0.1, 0.15) is 0 Å². The lowest BCUT2D eigenvalue weighted by atomic mass is 10.1. The maximum Gasteiger partial charge on any atom is 0.172 e. The van der Waals surface area contributed by atoms with Crippen LogP contribution >= 0.6 is 15.9 Å². The summed E-state index contributed by atoms with van der Waals surface area (Å²) in [6.45, 7) is 0.386. The summed E-state index contributed by atoms with van der Waals surface area (Å²) < 4.78 is 5.68. The number of rotatable bonds is 4. The van der Waals surface area contributed by atoms with Crippen molar-refractivity contribution in [2.24, 2.45) is 5.90 Å². The number of phenols is 1. The summed E-state index contributed by atoms with van der Waals surface area (Å²) in [4.78, 5) is 4.47. The molecule has 4 nitrogen and oxygen atoms in total. The van der Waals surface area contributed by atoms with Crippen LogP contribution in [0.4, 0.5) is 0 Å². The third-order valence-electron chi connectivity index (χ3n) is 1.86. The van der Waals surface area contributed by atoms with Crippen LogP contribution in [0.1, 0.15) is 5.56 Å². The molecule has 0 heterocycles. The number of ether oxygens (including phenoxy) is 1. The van der Waals surface area contributed by atoms with Crippen molar-refractivity contribution in [1.82, 2.24) is 0 Å². The fourth-order valence-electron chi connectivity index (χ4n) is 1.18. The highest BCUT2D eigenvalue weighted by Gasteiger charge is 2.11. The first-order valence-corrected chi connectivity index (χ1v) is 4.86. The van der Waals surface area contributed by atoms with Crippen molar-refractivity contribution in [2.75, 3.05) is 13.7 Å². The molecule has 0 fully saturated rings. The molecule has 0 aromatic heterocycles. The lowest BCUT2D eigenvalue weighted by Gasteiger charge is -2.10. The largest absolute Gasteiger partial charge is 0.503 e. The van der Waals surface area contributed by atoms with Crippen LogP contribution in [0.3, 0.4) is 0 Å². The number of hydrogen-bond donors (Lipinski definition) is 2. The molecule has 5 heteroatoms. The van der Waals surface area contributed by atoms with Crippen molar-refractivity contribution in [2.45, 2.75) is 6.42 Å². The Kier molecular flexibility index (Phi) is 4.19. The fourth-order valence-corrected chi connectivity index (χ4v) is 1.49. The third kappa shape index (κ3) is 2.37.